The van der Waals surface area contributed by atoms with E-state index in [1.165, 1.54) is 0 Å². The van der Waals surface area contributed by atoms with E-state index in [9.17, 15) is 4.79 Å². The van der Waals surface area contributed by atoms with E-state index in [2.05, 4.69) is 9.97 Å². The number of rotatable bonds is 4. The number of nitrogens with one attached hydrogen (secondary N) is 1. The van der Waals surface area contributed by atoms with E-state index in [1.807, 2.05) is 25.2 Å². The lowest BCUT2D eigenvalue weighted by molar-refractivity contribution is -0.129. The van der Waals surface area contributed by atoms with Gasteiger partial charge in [-0.15, -0.1) is 0 Å². The van der Waals surface area contributed by atoms with Crippen molar-refractivity contribution in [2.24, 2.45) is 5.92 Å². The number of amides is 1. The molecule has 2 heterocycles. The largest absolute Gasteiger partial charge is 0.497 e. The second-order valence-corrected chi connectivity index (χ2v) is 5.99. The summed E-state index contributed by atoms with van der Waals surface area (Å²) < 4.78 is 5.19. The fraction of sp³-hybridized carbons (Fsp3) is 0.429. The summed E-state index contributed by atoms with van der Waals surface area (Å²) in [4.78, 5) is 21.4. The Morgan fingerprint density at radius 3 is 3.10 bits per heavy atom. The Balaban J connectivity index is 1.70. The molecule has 0 bridgehead atoms. The fourth-order valence-electron chi connectivity index (χ4n) is 2.39. The van der Waals surface area contributed by atoms with Gasteiger partial charge < -0.3 is 14.6 Å². The number of methoxy groups -OCH3 is 1. The lowest BCUT2D eigenvalue weighted by atomic mass is 10.1. The summed E-state index contributed by atoms with van der Waals surface area (Å²) in [5, 5.41) is 0.857. The number of H-pyrrole nitrogens is 1. The molecule has 1 aromatic carbocycles. The van der Waals surface area contributed by atoms with E-state index in [-0.39, 0.29) is 11.8 Å². The molecule has 0 aliphatic carbocycles. The maximum absolute atomic E-state index is 11.8. The Morgan fingerprint density at radius 2 is 2.40 bits per heavy atom. The van der Waals surface area contributed by atoms with E-state index in [4.69, 9.17) is 4.74 Å². The molecule has 1 unspecified atom stereocenters. The molecule has 1 aliphatic rings. The van der Waals surface area contributed by atoms with Crippen LogP contribution in [0.25, 0.3) is 11.0 Å². The maximum Gasteiger partial charge on any atom is 0.226 e. The van der Waals surface area contributed by atoms with Crippen molar-refractivity contribution < 1.29 is 9.53 Å². The van der Waals surface area contributed by atoms with Gasteiger partial charge in [-0.2, -0.15) is 0 Å². The van der Waals surface area contributed by atoms with Gasteiger partial charge in [-0.05, 0) is 18.6 Å². The normalized spacial score (nSPS) is 19.0. The highest BCUT2D eigenvalue weighted by Gasteiger charge is 2.29. The van der Waals surface area contributed by atoms with Crippen molar-refractivity contribution in [2.75, 3.05) is 26.5 Å². The van der Waals surface area contributed by atoms with Crippen molar-refractivity contribution in [1.29, 1.82) is 0 Å². The Hall–Kier alpha value is -1.69. The summed E-state index contributed by atoms with van der Waals surface area (Å²) >= 11 is 1.61. The number of aromatic nitrogens is 2. The van der Waals surface area contributed by atoms with Gasteiger partial charge >= 0.3 is 0 Å². The van der Waals surface area contributed by atoms with Gasteiger partial charge in [0, 0.05) is 31.3 Å². The van der Waals surface area contributed by atoms with Gasteiger partial charge in [-0.3, -0.25) is 4.79 Å². The summed E-state index contributed by atoms with van der Waals surface area (Å²) in [6.07, 6.45) is 0.941. The molecule has 1 saturated heterocycles. The molecule has 1 fully saturated rings. The molecule has 106 valence electrons. The minimum Gasteiger partial charge on any atom is -0.497 e. The monoisotopic (exact) mass is 291 g/mol. The van der Waals surface area contributed by atoms with E-state index in [0.29, 0.717) is 0 Å². The third-order valence-electron chi connectivity index (χ3n) is 3.63. The van der Waals surface area contributed by atoms with E-state index in [0.717, 1.165) is 40.7 Å². The number of hydrogen-bond donors (Lipinski definition) is 1. The Kier molecular flexibility index (Phi) is 3.56. The molecule has 1 atom stereocenters. The van der Waals surface area contributed by atoms with E-state index < -0.39 is 0 Å². The highest BCUT2D eigenvalue weighted by Crippen LogP contribution is 2.27. The number of carbonyl (C=O) groups is 1. The first-order chi connectivity index (χ1) is 9.67. The predicted octanol–water partition coefficient (Wildman–Crippen LogP) is 2.14. The van der Waals surface area contributed by atoms with Crippen LogP contribution in [0.2, 0.25) is 0 Å². The fourth-order valence-corrected chi connectivity index (χ4v) is 3.40. The summed E-state index contributed by atoms with van der Waals surface area (Å²) in [6, 6.07) is 5.76. The molecule has 2 aromatic rings. The molecule has 3 rings (SSSR count). The number of thioether (sulfide) groups is 1. The van der Waals surface area contributed by atoms with Crippen LogP contribution in [0.15, 0.2) is 23.4 Å². The first-order valence-corrected chi connectivity index (χ1v) is 7.57. The van der Waals surface area contributed by atoms with Crippen LogP contribution in [-0.4, -0.2) is 47.2 Å². The molecule has 6 heteroatoms. The molecular weight excluding hydrogens is 274 g/mol. The molecule has 1 amide bonds. The number of benzene rings is 1. The minimum atomic E-state index is 0.118. The number of carbonyl (C=O) groups excluding carboxylic acids is 1. The Labute approximate surface area is 121 Å². The number of nitrogens with zero attached hydrogens (tertiary/aromatic N) is 2. The highest BCUT2D eigenvalue weighted by atomic mass is 32.2. The van der Waals surface area contributed by atoms with Crippen LogP contribution in [0.5, 0.6) is 5.75 Å². The zero-order chi connectivity index (χ0) is 14.1. The van der Waals surface area contributed by atoms with Gasteiger partial charge in [0.05, 0.1) is 18.1 Å². The molecule has 1 aromatic heterocycles. The topological polar surface area (TPSA) is 58.2 Å². The van der Waals surface area contributed by atoms with Gasteiger partial charge in [-0.1, -0.05) is 11.8 Å². The molecule has 0 spiro atoms. The molecule has 20 heavy (non-hydrogen) atoms. The summed E-state index contributed by atoms with van der Waals surface area (Å²) in [6.45, 7) is 0.862. The van der Waals surface area contributed by atoms with Gasteiger partial charge in [0.2, 0.25) is 5.91 Å². The number of imidazole rings is 1. The maximum atomic E-state index is 11.8. The first kappa shape index (κ1) is 13.3. The van der Waals surface area contributed by atoms with Gasteiger partial charge in [-0.25, -0.2) is 4.98 Å². The lowest BCUT2D eigenvalue weighted by Gasteiger charge is -2.08. The van der Waals surface area contributed by atoms with Gasteiger partial charge in [0.15, 0.2) is 5.16 Å². The lowest BCUT2D eigenvalue weighted by Crippen LogP contribution is -2.23. The van der Waals surface area contributed by atoms with Crippen molar-refractivity contribution >= 4 is 28.7 Å². The van der Waals surface area contributed by atoms with E-state index in [1.54, 1.807) is 23.8 Å². The van der Waals surface area contributed by atoms with Crippen LogP contribution in [0.3, 0.4) is 0 Å². The van der Waals surface area contributed by atoms with Crippen molar-refractivity contribution in [2.45, 2.75) is 11.6 Å². The predicted molar refractivity (Wildman–Crippen MR) is 79.1 cm³/mol. The zero-order valence-electron chi connectivity index (χ0n) is 11.5. The van der Waals surface area contributed by atoms with Crippen molar-refractivity contribution in [3.63, 3.8) is 0 Å². The van der Waals surface area contributed by atoms with Crippen LogP contribution >= 0.6 is 11.8 Å². The Bertz CT molecular complexity index is 640. The summed E-state index contributed by atoms with van der Waals surface area (Å²) in [5.41, 5.74) is 1.88. The third-order valence-corrected chi connectivity index (χ3v) is 4.66. The zero-order valence-corrected chi connectivity index (χ0v) is 12.4. The van der Waals surface area contributed by atoms with Crippen LogP contribution in [0, 0.1) is 5.92 Å². The number of hydrogen-bond acceptors (Lipinski definition) is 4. The summed E-state index contributed by atoms with van der Waals surface area (Å²) in [7, 11) is 3.51. The van der Waals surface area contributed by atoms with Crippen molar-refractivity contribution in [3.05, 3.63) is 18.2 Å². The smallest absolute Gasteiger partial charge is 0.226 e. The molecular formula is C14H17N3O2S. The van der Waals surface area contributed by atoms with Crippen LogP contribution in [0.4, 0.5) is 0 Å². The van der Waals surface area contributed by atoms with Gasteiger partial charge in [0.1, 0.15) is 5.75 Å². The SMILES string of the molecule is COc1ccc2nc(SCC3CCN(C)C3=O)[nH]c2c1. The number of ether oxygens (including phenoxy) is 1. The second kappa shape index (κ2) is 5.36. The highest BCUT2D eigenvalue weighted by molar-refractivity contribution is 7.99. The van der Waals surface area contributed by atoms with Crippen molar-refractivity contribution in [1.82, 2.24) is 14.9 Å². The molecule has 0 radical (unpaired) electrons. The standard InChI is InChI=1S/C14H17N3O2S/c1-17-6-5-9(13(17)18)8-20-14-15-11-4-3-10(19-2)7-12(11)16-14/h3-4,7,9H,5-6,8H2,1-2H3,(H,15,16). The number of aromatic amines is 1. The molecule has 1 aliphatic heterocycles. The minimum absolute atomic E-state index is 0.118. The van der Waals surface area contributed by atoms with E-state index >= 15 is 0 Å². The Morgan fingerprint density at radius 1 is 1.55 bits per heavy atom. The quantitative estimate of drug-likeness (QED) is 0.877. The molecule has 5 nitrogen and oxygen atoms in total. The average Bonchev–Trinajstić information content (AvgIpc) is 3.00. The number of fused-ring (bicyclic) bond motifs is 1. The van der Waals surface area contributed by atoms with Crippen LogP contribution < -0.4 is 4.74 Å². The van der Waals surface area contributed by atoms with Crippen LogP contribution in [0.1, 0.15) is 6.42 Å². The first-order valence-electron chi connectivity index (χ1n) is 6.59. The van der Waals surface area contributed by atoms with Gasteiger partial charge in [0.25, 0.3) is 0 Å². The average molecular weight is 291 g/mol. The second-order valence-electron chi connectivity index (χ2n) is 4.98. The number of likely N-dealkylation sites (tertiary alicyclic amines) is 1. The summed E-state index contributed by atoms with van der Waals surface area (Å²) in [5.74, 6) is 1.95. The van der Waals surface area contributed by atoms with Crippen LogP contribution in [-0.2, 0) is 4.79 Å². The molecule has 0 saturated carbocycles. The molecule has 1 N–H and O–H groups in total. The third kappa shape index (κ3) is 2.47. The van der Waals surface area contributed by atoms with Crippen molar-refractivity contribution in [3.8, 4) is 5.75 Å².